The van der Waals surface area contributed by atoms with Crippen LogP contribution in [0.5, 0.6) is 5.75 Å². The molecule has 0 aromatic heterocycles. The minimum Gasteiger partial charge on any atom is -0.497 e. The number of carbonyl (C=O) groups excluding carboxylic acids is 3. The van der Waals surface area contributed by atoms with Crippen LogP contribution in [-0.4, -0.2) is 72.6 Å². The molecule has 0 bridgehead atoms. The molecule has 2 aliphatic heterocycles. The van der Waals surface area contributed by atoms with Gasteiger partial charge >= 0.3 is 0 Å². The molecule has 2 aliphatic rings. The van der Waals surface area contributed by atoms with Gasteiger partial charge in [-0.3, -0.25) is 19.3 Å². The minimum atomic E-state index is -0.890. The zero-order valence-electron chi connectivity index (χ0n) is 18.8. The van der Waals surface area contributed by atoms with Crippen molar-refractivity contribution in [2.45, 2.75) is 51.8 Å². The van der Waals surface area contributed by atoms with Crippen LogP contribution in [0.15, 0.2) is 24.3 Å². The number of methoxy groups -OCH3 is 1. The topological polar surface area (TPSA) is 88.2 Å². The third kappa shape index (κ3) is 4.69. The summed E-state index contributed by atoms with van der Waals surface area (Å²) in [4.78, 5) is 42.3. The lowest BCUT2D eigenvalue weighted by Crippen LogP contribution is -2.60. The van der Waals surface area contributed by atoms with Crippen LogP contribution < -0.4 is 10.1 Å². The summed E-state index contributed by atoms with van der Waals surface area (Å²) in [6, 6.07) is 6.16. The predicted octanol–water partition coefficient (Wildman–Crippen LogP) is 2.04. The number of nitrogens with one attached hydrogen (secondary N) is 1. The highest BCUT2D eigenvalue weighted by molar-refractivity contribution is 5.98. The number of carbonyl (C=O) groups is 3. The summed E-state index contributed by atoms with van der Waals surface area (Å²) in [7, 11) is 1.57. The number of hydrogen-bond acceptors (Lipinski definition) is 5. The highest BCUT2D eigenvalue weighted by atomic mass is 16.5. The van der Waals surface area contributed by atoms with Crippen molar-refractivity contribution in [3.63, 3.8) is 0 Å². The molecule has 0 radical (unpaired) electrons. The molecule has 1 spiro atoms. The minimum absolute atomic E-state index is 0.0804. The summed E-state index contributed by atoms with van der Waals surface area (Å²) in [6.07, 6.45) is 1.76. The van der Waals surface area contributed by atoms with E-state index in [1.165, 1.54) is 0 Å². The van der Waals surface area contributed by atoms with Gasteiger partial charge in [-0.05, 0) is 30.7 Å². The maximum atomic E-state index is 13.6. The maximum absolute atomic E-state index is 13.6. The van der Waals surface area contributed by atoms with Crippen molar-refractivity contribution in [3.8, 4) is 5.75 Å². The first kappa shape index (κ1) is 23.1. The van der Waals surface area contributed by atoms with Crippen LogP contribution in [0.3, 0.4) is 0 Å². The molecule has 3 rings (SSSR count). The van der Waals surface area contributed by atoms with E-state index in [9.17, 15) is 14.4 Å². The van der Waals surface area contributed by atoms with E-state index < -0.39 is 11.8 Å². The molecule has 1 atom stereocenters. The fourth-order valence-electron chi connectivity index (χ4n) is 4.25. The Balaban J connectivity index is 1.86. The van der Waals surface area contributed by atoms with Crippen molar-refractivity contribution in [3.05, 3.63) is 29.8 Å². The Hall–Kier alpha value is -2.61. The van der Waals surface area contributed by atoms with Crippen LogP contribution >= 0.6 is 0 Å². The van der Waals surface area contributed by atoms with Gasteiger partial charge in [0.25, 0.3) is 5.91 Å². The Morgan fingerprint density at radius 3 is 2.39 bits per heavy atom. The van der Waals surface area contributed by atoms with E-state index in [0.29, 0.717) is 43.8 Å². The van der Waals surface area contributed by atoms with Crippen molar-refractivity contribution in [1.29, 1.82) is 0 Å². The second-order valence-corrected chi connectivity index (χ2v) is 8.45. The third-order valence-corrected chi connectivity index (χ3v) is 6.02. The zero-order valence-corrected chi connectivity index (χ0v) is 18.8. The van der Waals surface area contributed by atoms with Gasteiger partial charge in [0.05, 0.1) is 13.7 Å². The molecule has 31 heavy (non-hydrogen) atoms. The number of piperidine rings is 1. The SMILES string of the molecule is CCCNC(=O)[C@H]1COC2(CCN(C(=O)C(C)C)CC2)N1C(=O)c1ccc(OC)cc1. The Labute approximate surface area is 183 Å². The van der Waals surface area contributed by atoms with Gasteiger partial charge in [0.15, 0.2) is 0 Å². The Kier molecular flexibility index (Phi) is 7.20. The largest absolute Gasteiger partial charge is 0.497 e. The fraction of sp³-hybridized carbons (Fsp3) is 0.609. The van der Waals surface area contributed by atoms with Crippen LogP contribution in [-0.2, 0) is 14.3 Å². The molecule has 0 aliphatic carbocycles. The molecule has 1 aromatic carbocycles. The summed E-state index contributed by atoms with van der Waals surface area (Å²) in [6.45, 7) is 7.42. The van der Waals surface area contributed by atoms with Crippen LogP contribution in [0.2, 0.25) is 0 Å². The fourth-order valence-corrected chi connectivity index (χ4v) is 4.25. The number of likely N-dealkylation sites (tertiary alicyclic amines) is 1. The molecule has 8 nitrogen and oxygen atoms in total. The molecule has 8 heteroatoms. The van der Waals surface area contributed by atoms with Gasteiger partial charge in [0.2, 0.25) is 11.8 Å². The Bertz CT molecular complexity index is 800. The van der Waals surface area contributed by atoms with Crippen molar-refractivity contribution >= 4 is 17.7 Å². The molecule has 1 N–H and O–H groups in total. The van der Waals surface area contributed by atoms with Crippen LogP contribution in [0, 0.1) is 5.92 Å². The monoisotopic (exact) mass is 431 g/mol. The molecule has 3 amide bonds. The van der Waals surface area contributed by atoms with Crippen molar-refractivity contribution in [2.75, 3.05) is 33.4 Å². The standard InChI is InChI=1S/C23H33N3O5/c1-5-12-24-20(27)19-15-31-23(10-13-25(14-11-23)21(28)16(2)3)26(19)22(29)17-6-8-18(30-4)9-7-17/h6-9,16,19H,5,10-15H2,1-4H3,(H,24,27)/t19-/m1/s1. The second kappa shape index (κ2) is 9.68. The number of benzene rings is 1. The van der Waals surface area contributed by atoms with Crippen molar-refractivity contribution in [1.82, 2.24) is 15.1 Å². The average molecular weight is 432 g/mol. The number of amides is 3. The van der Waals surface area contributed by atoms with Crippen LogP contribution in [0.1, 0.15) is 50.4 Å². The molecule has 2 fully saturated rings. The van der Waals surface area contributed by atoms with Crippen molar-refractivity contribution in [2.24, 2.45) is 5.92 Å². The van der Waals surface area contributed by atoms with E-state index in [0.717, 1.165) is 6.42 Å². The smallest absolute Gasteiger partial charge is 0.256 e. The predicted molar refractivity (Wildman–Crippen MR) is 116 cm³/mol. The lowest BCUT2D eigenvalue weighted by molar-refractivity contribution is -0.146. The number of ether oxygens (including phenoxy) is 2. The van der Waals surface area contributed by atoms with Crippen LogP contribution in [0.4, 0.5) is 0 Å². The van der Waals surface area contributed by atoms with Gasteiger partial charge in [-0.2, -0.15) is 0 Å². The van der Waals surface area contributed by atoms with Gasteiger partial charge in [-0.25, -0.2) is 0 Å². The Morgan fingerprint density at radius 1 is 1.19 bits per heavy atom. The van der Waals surface area contributed by atoms with E-state index in [1.807, 2.05) is 25.7 Å². The Morgan fingerprint density at radius 2 is 1.84 bits per heavy atom. The first-order valence-electron chi connectivity index (χ1n) is 11.0. The van der Waals surface area contributed by atoms with Gasteiger partial charge in [-0.1, -0.05) is 20.8 Å². The maximum Gasteiger partial charge on any atom is 0.256 e. The summed E-state index contributed by atoms with van der Waals surface area (Å²) >= 11 is 0. The molecular weight excluding hydrogens is 398 g/mol. The number of nitrogens with zero attached hydrogens (tertiary/aromatic N) is 2. The lowest BCUT2D eigenvalue weighted by Gasteiger charge is -2.44. The highest BCUT2D eigenvalue weighted by Crippen LogP contribution is 2.39. The van der Waals surface area contributed by atoms with Gasteiger partial charge in [-0.15, -0.1) is 0 Å². The third-order valence-electron chi connectivity index (χ3n) is 6.02. The quantitative estimate of drug-likeness (QED) is 0.745. The first-order valence-corrected chi connectivity index (χ1v) is 11.0. The molecule has 0 unspecified atom stereocenters. The summed E-state index contributed by atoms with van der Waals surface area (Å²) in [5, 5.41) is 2.90. The van der Waals surface area contributed by atoms with E-state index in [2.05, 4.69) is 5.32 Å². The van der Waals surface area contributed by atoms with Gasteiger partial charge in [0.1, 0.15) is 17.5 Å². The normalized spacial score (nSPS) is 20.2. The molecule has 170 valence electrons. The molecule has 2 saturated heterocycles. The van der Waals surface area contributed by atoms with E-state index in [1.54, 1.807) is 36.3 Å². The molecule has 0 saturated carbocycles. The molecule has 2 heterocycles. The highest BCUT2D eigenvalue weighted by Gasteiger charge is 2.54. The van der Waals surface area contributed by atoms with Gasteiger partial charge in [0, 0.05) is 44.0 Å². The van der Waals surface area contributed by atoms with E-state index in [-0.39, 0.29) is 30.2 Å². The average Bonchev–Trinajstić information content (AvgIpc) is 3.15. The summed E-state index contributed by atoms with van der Waals surface area (Å²) in [5.74, 6) is 0.213. The zero-order chi connectivity index (χ0) is 22.6. The summed E-state index contributed by atoms with van der Waals surface area (Å²) in [5.41, 5.74) is -0.418. The van der Waals surface area contributed by atoms with E-state index in [4.69, 9.17) is 9.47 Å². The second-order valence-electron chi connectivity index (χ2n) is 8.45. The van der Waals surface area contributed by atoms with E-state index >= 15 is 0 Å². The first-order chi connectivity index (χ1) is 14.8. The number of hydrogen-bond donors (Lipinski definition) is 1. The van der Waals surface area contributed by atoms with Gasteiger partial charge < -0.3 is 19.7 Å². The number of rotatable bonds is 6. The summed E-state index contributed by atoms with van der Waals surface area (Å²) < 4.78 is 11.4. The lowest BCUT2D eigenvalue weighted by atomic mass is 9.95. The van der Waals surface area contributed by atoms with Crippen LogP contribution in [0.25, 0.3) is 0 Å². The molecular formula is C23H33N3O5. The van der Waals surface area contributed by atoms with Crippen molar-refractivity contribution < 1.29 is 23.9 Å². The molecule has 1 aromatic rings.